The highest BCUT2D eigenvalue weighted by Crippen LogP contribution is 2.24. The molecule has 1 aliphatic rings. The number of amides is 2. The third-order valence-electron chi connectivity index (χ3n) is 6.89. The van der Waals surface area contributed by atoms with Gasteiger partial charge in [-0.05, 0) is 103 Å². The van der Waals surface area contributed by atoms with E-state index >= 15 is 0 Å². The van der Waals surface area contributed by atoms with E-state index < -0.39 is 42.3 Å². The third kappa shape index (κ3) is 9.76. The molecule has 0 unspecified atom stereocenters. The number of nitrogens with zero attached hydrogens (tertiary/aromatic N) is 1. The van der Waals surface area contributed by atoms with Crippen LogP contribution < -0.4 is 23.8 Å². The molecule has 1 aliphatic heterocycles. The summed E-state index contributed by atoms with van der Waals surface area (Å²) in [7, 11) is 0. The normalized spacial score (nSPS) is 12.7. The molecule has 2 amide bonds. The predicted octanol–water partition coefficient (Wildman–Crippen LogP) is 6.89. The molecule has 13 heteroatoms. The van der Waals surface area contributed by atoms with Crippen molar-refractivity contribution in [1.82, 2.24) is 0 Å². The first kappa shape index (κ1) is 34.8. The Balaban J connectivity index is 1.06. The smallest absolute Gasteiger partial charge is 0.389 e. The largest absolute Gasteiger partial charge is 0.494 e. The second-order valence-corrected chi connectivity index (χ2v) is 10.6. The van der Waals surface area contributed by atoms with Crippen LogP contribution in [0.2, 0.25) is 0 Å². The zero-order chi connectivity index (χ0) is 35.7. The van der Waals surface area contributed by atoms with Gasteiger partial charge in [0.2, 0.25) is 0 Å². The van der Waals surface area contributed by atoms with E-state index in [4.69, 9.17) is 18.9 Å². The number of ether oxygens (including phenoxy) is 4. The minimum Gasteiger partial charge on any atom is -0.494 e. The summed E-state index contributed by atoms with van der Waals surface area (Å²) in [6.07, 6.45) is -0.333. The SMILES string of the molecule is O=C(/C=C/c1ccc(OC(=O)c2ccc(OC(=O)c3ccc(OCCCC(F)(F)F)cc3)cc2)cc1)Oc1ccc(N2C(=O)C=CC2=O)cc1. The molecule has 0 N–H and O–H groups in total. The lowest BCUT2D eigenvalue weighted by atomic mass is 10.2. The molecule has 5 rings (SSSR count). The van der Waals surface area contributed by atoms with Gasteiger partial charge in [0.05, 0.1) is 23.4 Å². The van der Waals surface area contributed by atoms with Crippen molar-refractivity contribution in [1.29, 1.82) is 0 Å². The molecular formula is C37H26F3NO9. The van der Waals surface area contributed by atoms with Crippen molar-refractivity contribution in [2.24, 2.45) is 0 Å². The minimum absolute atomic E-state index is 0.118. The quantitative estimate of drug-likeness (QED) is 0.0515. The Morgan fingerprint density at radius 2 is 1.08 bits per heavy atom. The van der Waals surface area contributed by atoms with Gasteiger partial charge >= 0.3 is 24.1 Å². The Kier molecular flexibility index (Phi) is 10.9. The van der Waals surface area contributed by atoms with E-state index in [9.17, 15) is 37.1 Å². The van der Waals surface area contributed by atoms with Crippen LogP contribution in [0.4, 0.5) is 18.9 Å². The standard InChI is InChI=1S/C37H26F3NO9/c38-37(39,40)22-1-23-47-28-13-5-25(6-14-28)35(45)50-31-15-7-26(8-16-31)36(46)49-30-11-2-24(3-12-30)4-21-34(44)48-29-17-9-27(10-18-29)41-32(42)19-20-33(41)43/h2-21H,1,22-23H2/b21-4+. The van der Waals surface area contributed by atoms with Gasteiger partial charge in [-0.25, -0.2) is 19.3 Å². The summed E-state index contributed by atoms with van der Waals surface area (Å²) >= 11 is 0. The molecule has 0 aliphatic carbocycles. The first-order chi connectivity index (χ1) is 23.9. The molecule has 254 valence electrons. The van der Waals surface area contributed by atoms with Gasteiger partial charge in [0.15, 0.2) is 0 Å². The maximum atomic E-state index is 12.6. The van der Waals surface area contributed by atoms with Crippen molar-refractivity contribution >= 4 is 41.5 Å². The fourth-order valence-corrected chi connectivity index (χ4v) is 4.42. The lowest BCUT2D eigenvalue weighted by Crippen LogP contribution is -2.29. The number of alkyl halides is 3. The van der Waals surface area contributed by atoms with E-state index in [0.717, 1.165) is 4.90 Å². The summed E-state index contributed by atoms with van der Waals surface area (Å²) < 4.78 is 58.0. The molecular weight excluding hydrogens is 659 g/mol. The van der Waals surface area contributed by atoms with Crippen molar-refractivity contribution in [3.63, 3.8) is 0 Å². The Hall–Kier alpha value is -6.50. The molecule has 4 aromatic rings. The number of rotatable bonds is 12. The molecule has 0 fully saturated rings. The fourth-order valence-electron chi connectivity index (χ4n) is 4.42. The van der Waals surface area contributed by atoms with Crippen LogP contribution in [0.1, 0.15) is 39.1 Å². The van der Waals surface area contributed by atoms with Crippen LogP contribution in [0, 0.1) is 0 Å². The highest BCUT2D eigenvalue weighted by atomic mass is 19.4. The van der Waals surface area contributed by atoms with Crippen LogP contribution in [0.25, 0.3) is 6.08 Å². The molecule has 0 aromatic heterocycles. The van der Waals surface area contributed by atoms with Crippen LogP contribution in [0.3, 0.4) is 0 Å². The van der Waals surface area contributed by atoms with Gasteiger partial charge in [-0.1, -0.05) is 12.1 Å². The zero-order valence-electron chi connectivity index (χ0n) is 25.9. The van der Waals surface area contributed by atoms with Crippen LogP contribution in [0.15, 0.2) is 115 Å². The van der Waals surface area contributed by atoms with E-state index in [1.807, 2.05) is 0 Å². The van der Waals surface area contributed by atoms with E-state index in [1.54, 1.807) is 12.1 Å². The first-order valence-corrected chi connectivity index (χ1v) is 14.9. The van der Waals surface area contributed by atoms with Crippen molar-refractivity contribution in [3.05, 3.63) is 132 Å². The monoisotopic (exact) mass is 685 g/mol. The van der Waals surface area contributed by atoms with Crippen LogP contribution in [0.5, 0.6) is 23.0 Å². The van der Waals surface area contributed by atoms with E-state index in [0.29, 0.717) is 17.0 Å². The molecule has 0 saturated carbocycles. The molecule has 4 aromatic carbocycles. The van der Waals surface area contributed by atoms with Crippen molar-refractivity contribution in [2.75, 3.05) is 11.5 Å². The Morgan fingerprint density at radius 1 is 0.620 bits per heavy atom. The molecule has 0 radical (unpaired) electrons. The van der Waals surface area contributed by atoms with E-state index in [1.165, 1.54) is 109 Å². The highest BCUT2D eigenvalue weighted by Gasteiger charge is 2.26. The lowest BCUT2D eigenvalue weighted by Gasteiger charge is -2.13. The fraction of sp³-hybridized carbons (Fsp3) is 0.108. The Labute approximate surface area is 282 Å². The predicted molar refractivity (Wildman–Crippen MR) is 173 cm³/mol. The van der Waals surface area contributed by atoms with E-state index in [2.05, 4.69) is 0 Å². The first-order valence-electron chi connectivity index (χ1n) is 14.9. The number of hydrogen-bond donors (Lipinski definition) is 0. The summed E-state index contributed by atoms with van der Waals surface area (Å²) in [4.78, 5) is 62.0. The van der Waals surface area contributed by atoms with Gasteiger partial charge in [-0.15, -0.1) is 0 Å². The number of carbonyl (C=O) groups excluding carboxylic acids is 5. The average Bonchev–Trinajstić information content (AvgIpc) is 3.44. The summed E-state index contributed by atoms with van der Waals surface area (Å²) in [5.41, 5.74) is 1.33. The number of anilines is 1. The molecule has 1 heterocycles. The lowest BCUT2D eigenvalue weighted by molar-refractivity contribution is -0.136. The van der Waals surface area contributed by atoms with Gasteiger partial charge < -0.3 is 18.9 Å². The zero-order valence-corrected chi connectivity index (χ0v) is 25.9. The van der Waals surface area contributed by atoms with Crippen molar-refractivity contribution in [2.45, 2.75) is 19.0 Å². The number of carbonyl (C=O) groups is 5. The average molecular weight is 686 g/mol. The Morgan fingerprint density at radius 3 is 1.60 bits per heavy atom. The molecule has 0 atom stereocenters. The van der Waals surface area contributed by atoms with Crippen LogP contribution in [-0.4, -0.2) is 42.5 Å². The number of benzene rings is 4. The van der Waals surface area contributed by atoms with Crippen molar-refractivity contribution < 1.29 is 56.1 Å². The topological polar surface area (TPSA) is 126 Å². The molecule has 0 saturated heterocycles. The third-order valence-corrected chi connectivity index (χ3v) is 6.89. The highest BCUT2D eigenvalue weighted by molar-refractivity contribution is 6.28. The van der Waals surface area contributed by atoms with Gasteiger partial charge in [0.1, 0.15) is 23.0 Å². The van der Waals surface area contributed by atoms with Gasteiger partial charge in [0, 0.05) is 24.6 Å². The summed E-state index contributed by atoms with van der Waals surface area (Å²) in [5, 5.41) is 0. The van der Waals surface area contributed by atoms with Gasteiger partial charge in [0.25, 0.3) is 11.8 Å². The number of imide groups is 1. The van der Waals surface area contributed by atoms with Crippen LogP contribution in [-0.2, 0) is 14.4 Å². The summed E-state index contributed by atoms with van der Waals surface area (Å²) in [5.74, 6) is -2.00. The minimum atomic E-state index is -4.25. The molecule has 10 nitrogen and oxygen atoms in total. The molecule has 50 heavy (non-hydrogen) atoms. The van der Waals surface area contributed by atoms with Gasteiger partial charge in [-0.2, -0.15) is 13.2 Å². The number of esters is 3. The van der Waals surface area contributed by atoms with Crippen LogP contribution >= 0.6 is 0 Å². The van der Waals surface area contributed by atoms with E-state index in [-0.39, 0.29) is 41.4 Å². The van der Waals surface area contributed by atoms with Crippen molar-refractivity contribution in [3.8, 4) is 23.0 Å². The maximum Gasteiger partial charge on any atom is 0.389 e. The Bertz CT molecular complexity index is 1910. The summed E-state index contributed by atoms with van der Waals surface area (Å²) in [6, 6.07) is 23.6. The second-order valence-electron chi connectivity index (χ2n) is 10.6. The number of hydrogen-bond acceptors (Lipinski definition) is 9. The molecule has 0 bridgehead atoms. The van der Waals surface area contributed by atoms with Gasteiger partial charge in [-0.3, -0.25) is 9.59 Å². The second kappa shape index (κ2) is 15.6. The maximum absolute atomic E-state index is 12.6. The molecule has 0 spiro atoms. The number of halogens is 3. The summed E-state index contributed by atoms with van der Waals surface area (Å²) in [6.45, 7) is -0.118.